The van der Waals surface area contributed by atoms with Crippen molar-refractivity contribution in [2.24, 2.45) is 0 Å². The second-order valence-corrected chi connectivity index (χ2v) is 5.88. The van der Waals surface area contributed by atoms with E-state index in [1.54, 1.807) is 12.1 Å². The van der Waals surface area contributed by atoms with E-state index in [9.17, 15) is 0 Å². The van der Waals surface area contributed by atoms with Gasteiger partial charge in [-0.25, -0.2) is 0 Å². The Kier molecular flexibility index (Phi) is 3.45. The second-order valence-electron chi connectivity index (χ2n) is 5.88. The summed E-state index contributed by atoms with van der Waals surface area (Å²) < 4.78 is 17.1. The van der Waals surface area contributed by atoms with E-state index in [0.717, 1.165) is 5.46 Å². The summed E-state index contributed by atoms with van der Waals surface area (Å²) in [6, 6.07) is 5.49. The van der Waals surface area contributed by atoms with Crippen LogP contribution < -0.4 is 15.9 Å². The van der Waals surface area contributed by atoms with Gasteiger partial charge in [-0.2, -0.15) is 5.26 Å². The molecule has 2 N–H and O–H groups in total. The molecule has 1 aliphatic heterocycles. The number of nitrogens with two attached hydrogens (primary N) is 1. The number of nitrogens with zero attached hydrogens (tertiary/aromatic N) is 1. The van der Waals surface area contributed by atoms with Crippen molar-refractivity contribution in [3.8, 4) is 11.8 Å². The third-order valence-electron chi connectivity index (χ3n) is 4.03. The zero-order valence-corrected chi connectivity index (χ0v) is 12.5. The van der Waals surface area contributed by atoms with E-state index in [-0.39, 0.29) is 0 Å². The maximum Gasteiger partial charge on any atom is 0.495 e. The largest absolute Gasteiger partial charge is 0.495 e. The van der Waals surface area contributed by atoms with Gasteiger partial charge in [0.25, 0.3) is 0 Å². The summed E-state index contributed by atoms with van der Waals surface area (Å²) in [5, 5.41) is 9.14. The first-order valence-corrected chi connectivity index (χ1v) is 6.45. The van der Waals surface area contributed by atoms with Gasteiger partial charge in [-0.05, 0) is 45.3 Å². The Labute approximate surface area is 119 Å². The highest BCUT2D eigenvalue weighted by molar-refractivity contribution is 6.62. The van der Waals surface area contributed by atoms with Gasteiger partial charge in [0.1, 0.15) is 11.8 Å². The quantitative estimate of drug-likeness (QED) is 0.652. The van der Waals surface area contributed by atoms with Crippen molar-refractivity contribution >= 4 is 18.3 Å². The average molecular weight is 274 g/mol. The van der Waals surface area contributed by atoms with E-state index < -0.39 is 18.3 Å². The van der Waals surface area contributed by atoms with E-state index >= 15 is 0 Å². The predicted octanol–water partition coefficient (Wildman–Crippen LogP) is 1.45. The topological polar surface area (TPSA) is 77.5 Å². The molecule has 0 saturated carbocycles. The highest BCUT2D eigenvalue weighted by atomic mass is 16.7. The lowest BCUT2D eigenvalue weighted by Crippen LogP contribution is -2.41. The third-order valence-corrected chi connectivity index (χ3v) is 4.03. The number of ether oxygens (including phenoxy) is 1. The lowest BCUT2D eigenvalue weighted by Gasteiger charge is -2.32. The van der Waals surface area contributed by atoms with Crippen molar-refractivity contribution in [1.82, 2.24) is 0 Å². The van der Waals surface area contributed by atoms with Crippen molar-refractivity contribution in [3.05, 3.63) is 17.7 Å². The van der Waals surface area contributed by atoms with E-state index in [0.29, 0.717) is 17.0 Å². The molecule has 0 bridgehead atoms. The van der Waals surface area contributed by atoms with Gasteiger partial charge in [-0.1, -0.05) is 0 Å². The fourth-order valence-corrected chi connectivity index (χ4v) is 2.02. The molecule has 0 aliphatic carbocycles. The standard InChI is InChI=1S/C14H19BN2O3/c1-13(2)14(3,4)20-15(19-13)10-6-9(8-16)12(17)11(7-10)18-5/h6-7H,17H2,1-5H3. The molecule has 20 heavy (non-hydrogen) atoms. The first kappa shape index (κ1) is 14.7. The van der Waals surface area contributed by atoms with Crippen molar-refractivity contribution in [2.75, 3.05) is 12.8 Å². The number of nitriles is 1. The van der Waals surface area contributed by atoms with Crippen LogP contribution in [-0.4, -0.2) is 25.4 Å². The van der Waals surface area contributed by atoms with Crippen molar-refractivity contribution < 1.29 is 14.0 Å². The van der Waals surface area contributed by atoms with Crippen LogP contribution in [0.1, 0.15) is 33.3 Å². The zero-order valence-electron chi connectivity index (χ0n) is 12.5. The molecule has 1 aliphatic rings. The molecule has 0 spiro atoms. The number of hydrogen-bond donors (Lipinski definition) is 1. The molecule has 1 fully saturated rings. The number of methoxy groups -OCH3 is 1. The van der Waals surface area contributed by atoms with Gasteiger partial charge in [0.15, 0.2) is 0 Å². The highest BCUT2D eigenvalue weighted by Crippen LogP contribution is 2.37. The first-order valence-electron chi connectivity index (χ1n) is 6.45. The van der Waals surface area contributed by atoms with Gasteiger partial charge in [0, 0.05) is 0 Å². The third kappa shape index (κ3) is 2.24. The summed E-state index contributed by atoms with van der Waals surface area (Å²) >= 11 is 0. The molecule has 0 radical (unpaired) electrons. The van der Waals surface area contributed by atoms with Crippen molar-refractivity contribution in [2.45, 2.75) is 38.9 Å². The molecule has 106 valence electrons. The Morgan fingerprint density at radius 1 is 1.20 bits per heavy atom. The second kappa shape index (κ2) is 4.69. The summed E-state index contributed by atoms with van der Waals surface area (Å²) in [5.74, 6) is 0.453. The van der Waals surface area contributed by atoms with Crippen LogP contribution in [0.4, 0.5) is 5.69 Å². The van der Waals surface area contributed by atoms with Gasteiger partial charge in [0.05, 0.1) is 29.6 Å². The number of hydrogen-bond acceptors (Lipinski definition) is 5. The Morgan fingerprint density at radius 3 is 2.20 bits per heavy atom. The van der Waals surface area contributed by atoms with Crippen LogP contribution in [0.3, 0.4) is 0 Å². The van der Waals surface area contributed by atoms with E-state index in [1.807, 2.05) is 27.7 Å². The minimum Gasteiger partial charge on any atom is -0.495 e. The van der Waals surface area contributed by atoms with Crippen LogP contribution in [0.25, 0.3) is 0 Å². The zero-order chi connectivity index (χ0) is 15.1. The Bertz CT molecular complexity index is 563. The minimum absolute atomic E-state index is 0.329. The molecule has 6 heteroatoms. The van der Waals surface area contributed by atoms with Crippen molar-refractivity contribution in [1.29, 1.82) is 5.26 Å². The van der Waals surface area contributed by atoms with Gasteiger partial charge >= 0.3 is 7.12 Å². The first-order chi connectivity index (χ1) is 9.21. The molecule has 1 heterocycles. The molecule has 1 aromatic carbocycles. The molecule has 0 amide bonds. The summed E-state index contributed by atoms with van der Waals surface area (Å²) in [6.45, 7) is 7.92. The molecule has 1 saturated heterocycles. The minimum atomic E-state index is -0.540. The monoisotopic (exact) mass is 274 g/mol. The summed E-state index contributed by atoms with van der Waals surface area (Å²) in [4.78, 5) is 0. The summed E-state index contributed by atoms with van der Waals surface area (Å²) in [6.07, 6.45) is 0. The van der Waals surface area contributed by atoms with E-state index in [2.05, 4.69) is 6.07 Å². The lowest BCUT2D eigenvalue weighted by molar-refractivity contribution is 0.00578. The average Bonchev–Trinajstić information content (AvgIpc) is 2.58. The van der Waals surface area contributed by atoms with Crippen LogP contribution in [-0.2, 0) is 9.31 Å². The number of rotatable bonds is 2. The molecule has 0 unspecified atom stereocenters. The van der Waals surface area contributed by atoms with Crippen LogP contribution in [0.15, 0.2) is 12.1 Å². The number of anilines is 1. The van der Waals surface area contributed by atoms with E-state index in [4.69, 9.17) is 25.0 Å². The van der Waals surface area contributed by atoms with Crippen LogP contribution in [0, 0.1) is 11.3 Å². The normalized spacial score (nSPS) is 19.7. The van der Waals surface area contributed by atoms with Crippen molar-refractivity contribution in [3.63, 3.8) is 0 Å². The summed E-state index contributed by atoms with van der Waals surface area (Å²) in [7, 11) is 0.975. The van der Waals surface area contributed by atoms with Gasteiger partial charge in [-0.3, -0.25) is 0 Å². The van der Waals surface area contributed by atoms with Crippen LogP contribution in [0.5, 0.6) is 5.75 Å². The smallest absolute Gasteiger partial charge is 0.495 e. The fraction of sp³-hybridized carbons (Fsp3) is 0.500. The maximum atomic E-state index is 9.14. The van der Waals surface area contributed by atoms with E-state index in [1.165, 1.54) is 7.11 Å². The van der Waals surface area contributed by atoms with Gasteiger partial charge in [0.2, 0.25) is 0 Å². The molecular weight excluding hydrogens is 255 g/mol. The SMILES string of the molecule is COc1cc(B2OC(C)(C)C(C)(C)O2)cc(C#N)c1N. The fourth-order valence-electron chi connectivity index (χ4n) is 2.02. The molecule has 2 rings (SSSR count). The number of benzene rings is 1. The molecular formula is C14H19BN2O3. The highest BCUT2D eigenvalue weighted by Gasteiger charge is 2.51. The molecule has 5 nitrogen and oxygen atoms in total. The Morgan fingerprint density at radius 2 is 1.75 bits per heavy atom. The van der Waals surface area contributed by atoms with Gasteiger partial charge in [-0.15, -0.1) is 0 Å². The summed E-state index contributed by atoms with van der Waals surface area (Å²) in [5.41, 5.74) is 6.40. The predicted molar refractivity (Wildman–Crippen MR) is 77.8 cm³/mol. The van der Waals surface area contributed by atoms with Gasteiger partial charge < -0.3 is 19.8 Å². The van der Waals surface area contributed by atoms with Crippen LogP contribution in [0.2, 0.25) is 0 Å². The molecule has 1 aromatic rings. The lowest BCUT2D eigenvalue weighted by atomic mass is 9.78. The Hall–Kier alpha value is -1.71. The molecule has 0 aromatic heterocycles. The maximum absolute atomic E-state index is 9.14. The Balaban J connectivity index is 2.43. The number of nitrogen functional groups attached to an aromatic ring is 1. The van der Waals surface area contributed by atoms with Crippen LogP contribution >= 0.6 is 0 Å². The molecule has 0 atom stereocenters.